The molecule has 80 valence electrons. The summed E-state index contributed by atoms with van der Waals surface area (Å²) in [5.41, 5.74) is 0.0174. The van der Waals surface area contributed by atoms with Crippen molar-refractivity contribution in [2.75, 3.05) is 12.4 Å². The number of aromatic nitrogens is 2. The van der Waals surface area contributed by atoms with Gasteiger partial charge in [-0.1, -0.05) is 0 Å². The molecule has 1 amide bonds. The minimum atomic E-state index is -0.624. The molecule has 0 aliphatic rings. The normalized spacial score (nSPS) is 9.53. The first-order valence-corrected chi connectivity index (χ1v) is 4.72. The first kappa shape index (κ1) is 11.6. The lowest BCUT2D eigenvalue weighted by molar-refractivity contribution is -0.114. The first-order valence-electron chi connectivity index (χ1n) is 3.93. The third kappa shape index (κ3) is 2.98. The minimum Gasteiger partial charge on any atom is -0.464 e. The van der Waals surface area contributed by atoms with E-state index in [2.05, 4.69) is 36.0 Å². The molecule has 0 fully saturated rings. The van der Waals surface area contributed by atoms with Crippen LogP contribution in [-0.2, 0) is 9.53 Å². The highest BCUT2D eigenvalue weighted by Gasteiger charge is 2.14. The standard InChI is InChI=1S/C8H8BrN3O3/c1-4(13)11-5-3-10-7(9)6(12-5)8(14)15-2/h3H,1-2H3,(H,11,12,13). The molecule has 0 atom stereocenters. The Morgan fingerprint density at radius 2 is 2.20 bits per heavy atom. The molecule has 0 unspecified atom stereocenters. The van der Waals surface area contributed by atoms with Crippen molar-refractivity contribution in [3.8, 4) is 0 Å². The van der Waals surface area contributed by atoms with Crippen LogP contribution in [0.4, 0.5) is 5.82 Å². The van der Waals surface area contributed by atoms with Gasteiger partial charge in [0.1, 0.15) is 4.60 Å². The average molecular weight is 274 g/mol. The van der Waals surface area contributed by atoms with Crippen LogP contribution in [0.3, 0.4) is 0 Å². The van der Waals surface area contributed by atoms with E-state index in [0.717, 1.165) is 0 Å². The predicted molar refractivity (Wildman–Crippen MR) is 55.4 cm³/mol. The Morgan fingerprint density at radius 3 is 2.73 bits per heavy atom. The summed E-state index contributed by atoms with van der Waals surface area (Å²) in [6.45, 7) is 1.33. The number of carbonyl (C=O) groups excluding carboxylic acids is 2. The van der Waals surface area contributed by atoms with Gasteiger partial charge in [-0.15, -0.1) is 0 Å². The lowest BCUT2D eigenvalue weighted by Gasteiger charge is -2.04. The number of methoxy groups -OCH3 is 1. The molecule has 1 heterocycles. The number of hydrogen-bond donors (Lipinski definition) is 1. The van der Waals surface area contributed by atoms with E-state index in [1.54, 1.807) is 0 Å². The van der Waals surface area contributed by atoms with E-state index in [9.17, 15) is 9.59 Å². The second-order valence-electron chi connectivity index (χ2n) is 2.57. The van der Waals surface area contributed by atoms with E-state index < -0.39 is 5.97 Å². The Hall–Kier alpha value is -1.50. The SMILES string of the molecule is COC(=O)c1nc(NC(C)=O)cnc1Br. The molecule has 0 aliphatic heterocycles. The zero-order chi connectivity index (χ0) is 11.4. The molecule has 0 bridgehead atoms. The fourth-order valence-electron chi connectivity index (χ4n) is 0.842. The molecular weight excluding hydrogens is 266 g/mol. The van der Waals surface area contributed by atoms with Crippen LogP contribution in [0.5, 0.6) is 0 Å². The van der Waals surface area contributed by atoms with E-state index in [0.29, 0.717) is 0 Å². The zero-order valence-corrected chi connectivity index (χ0v) is 9.66. The summed E-state index contributed by atoms with van der Waals surface area (Å²) >= 11 is 3.05. The highest BCUT2D eigenvalue weighted by Crippen LogP contribution is 2.14. The van der Waals surface area contributed by atoms with Crippen molar-refractivity contribution >= 4 is 33.6 Å². The molecule has 6 nitrogen and oxygen atoms in total. The topological polar surface area (TPSA) is 81.2 Å². The summed E-state index contributed by atoms with van der Waals surface area (Å²) in [7, 11) is 1.24. The van der Waals surface area contributed by atoms with Crippen molar-refractivity contribution in [1.29, 1.82) is 0 Å². The van der Waals surface area contributed by atoms with E-state index >= 15 is 0 Å². The molecule has 0 saturated carbocycles. The van der Waals surface area contributed by atoms with E-state index in [1.165, 1.54) is 20.2 Å². The first-order chi connectivity index (χ1) is 7.04. The van der Waals surface area contributed by atoms with Gasteiger partial charge >= 0.3 is 5.97 Å². The fraction of sp³-hybridized carbons (Fsp3) is 0.250. The number of rotatable bonds is 2. The van der Waals surface area contributed by atoms with E-state index in [4.69, 9.17) is 0 Å². The van der Waals surface area contributed by atoms with Crippen molar-refractivity contribution in [3.63, 3.8) is 0 Å². The van der Waals surface area contributed by atoms with E-state index in [1.807, 2.05) is 0 Å². The molecule has 0 aromatic carbocycles. The van der Waals surface area contributed by atoms with Gasteiger partial charge in [0, 0.05) is 6.92 Å². The second-order valence-corrected chi connectivity index (χ2v) is 3.32. The number of ether oxygens (including phenoxy) is 1. The maximum atomic E-state index is 11.2. The number of carbonyl (C=O) groups is 2. The van der Waals surface area contributed by atoms with Gasteiger partial charge in [-0.05, 0) is 15.9 Å². The largest absolute Gasteiger partial charge is 0.464 e. The molecule has 0 saturated heterocycles. The average Bonchev–Trinajstić information content (AvgIpc) is 2.19. The number of nitrogens with one attached hydrogen (secondary N) is 1. The van der Waals surface area contributed by atoms with Crippen LogP contribution in [0.15, 0.2) is 10.8 Å². The van der Waals surface area contributed by atoms with Gasteiger partial charge in [0.15, 0.2) is 11.5 Å². The number of nitrogens with zero attached hydrogens (tertiary/aromatic N) is 2. The molecule has 1 aromatic rings. The van der Waals surface area contributed by atoms with Gasteiger partial charge in [-0.2, -0.15) is 0 Å². The Bertz CT molecular complexity index is 408. The lowest BCUT2D eigenvalue weighted by Crippen LogP contribution is -2.12. The third-order valence-electron chi connectivity index (χ3n) is 1.41. The smallest absolute Gasteiger partial charge is 0.359 e. The van der Waals surface area contributed by atoms with Crippen LogP contribution in [0.25, 0.3) is 0 Å². The predicted octanol–water partition coefficient (Wildman–Crippen LogP) is 0.984. The van der Waals surface area contributed by atoms with Crippen molar-refractivity contribution in [3.05, 3.63) is 16.5 Å². The van der Waals surface area contributed by atoms with Crippen LogP contribution in [0, 0.1) is 0 Å². The maximum Gasteiger partial charge on any atom is 0.359 e. The number of hydrogen-bond acceptors (Lipinski definition) is 5. The highest BCUT2D eigenvalue weighted by atomic mass is 79.9. The fourth-order valence-corrected chi connectivity index (χ4v) is 1.19. The van der Waals surface area contributed by atoms with Crippen LogP contribution in [0.1, 0.15) is 17.4 Å². The Morgan fingerprint density at radius 1 is 1.53 bits per heavy atom. The molecule has 0 radical (unpaired) electrons. The molecule has 1 N–H and O–H groups in total. The molecule has 15 heavy (non-hydrogen) atoms. The van der Waals surface area contributed by atoms with Crippen LogP contribution < -0.4 is 5.32 Å². The van der Waals surface area contributed by atoms with Crippen LogP contribution in [-0.4, -0.2) is 29.0 Å². The number of amides is 1. The number of esters is 1. The van der Waals surface area contributed by atoms with Crippen molar-refractivity contribution in [2.24, 2.45) is 0 Å². The molecule has 1 rings (SSSR count). The number of halogens is 1. The molecule has 0 aliphatic carbocycles. The third-order valence-corrected chi connectivity index (χ3v) is 1.99. The minimum absolute atomic E-state index is 0.0174. The van der Waals surface area contributed by atoms with Gasteiger partial charge in [0.25, 0.3) is 0 Å². The van der Waals surface area contributed by atoms with Crippen molar-refractivity contribution in [2.45, 2.75) is 6.92 Å². The second kappa shape index (κ2) is 4.83. The maximum absolute atomic E-state index is 11.2. The Balaban J connectivity index is 3.05. The van der Waals surface area contributed by atoms with E-state index in [-0.39, 0.29) is 22.0 Å². The zero-order valence-electron chi connectivity index (χ0n) is 8.07. The van der Waals surface area contributed by atoms with Crippen LogP contribution in [0.2, 0.25) is 0 Å². The van der Waals surface area contributed by atoms with Gasteiger partial charge in [-0.25, -0.2) is 14.8 Å². The summed E-state index contributed by atoms with van der Waals surface area (Å²) in [6, 6.07) is 0. The molecule has 1 aromatic heterocycles. The molecule has 0 spiro atoms. The lowest BCUT2D eigenvalue weighted by atomic mass is 10.4. The Labute approximate surface area is 94.2 Å². The van der Waals surface area contributed by atoms with Gasteiger partial charge in [0.05, 0.1) is 13.3 Å². The quantitative estimate of drug-likeness (QED) is 0.813. The number of anilines is 1. The molecular formula is C8H8BrN3O3. The summed E-state index contributed by atoms with van der Waals surface area (Å²) in [5.74, 6) is -0.713. The summed E-state index contributed by atoms with van der Waals surface area (Å²) in [5, 5.41) is 2.41. The summed E-state index contributed by atoms with van der Waals surface area (Å²) in [6.07, 6.45) is 1.33. The van der Waals surface area contributed by atoms with Gasteiger partial charge in [-0.3, -0.25) is 4.79 Å². The van der Waals surface area contributed by atoms with Gasteiger partial charge < -0.3 is 10.1 Å². The monoisotopic (exact) mass is 273 g/mol. The summed E-state index contributed by atoms with van der Waals surface area (Å²) in [4.78, 5) is 29.7. The van der Waals surface area contributed by atoms with Crippen LogP contribution >= 0.6 is 15.9 Å². The van der Waals surface area contributed by atoms with Crippen molar-refractivity contribution < 1.29 is 14.3 Å². The Kier molecular flexibility index (Phi) is 3.73. The molecule has 7 heteroatoms. The highest BCUT2D eigenvalue weighted by molar-refractivity contribution is 9.10. The summed E-state index contributed by atoms with van der Waals surface area (Å²) < 4.78 is 4.76. The van der Waals surface area contributed by atoms with Crippen molar-refractivity contribution in [1.82, 2.24) is 9.97 Å². The van der Waals surface area contributed by atoms with Gasteiger partial charge in [0.2, 0.25) is 5.91 Å².